The van der Waals surface area contributed by atoms with E-state index in [1.807, 2.05) is 19.9 Å². The number of halogens is 1. The number of hydrogen-bond donors (Lipinski definition) is 2. The molecule has 36 heavy (non-hydrogen) atoms. The minimum absolute atomic E-state index is 0.0161. The van der Waals surface area contributed by atoms with E-state index in [2.05, 4.69) is 20.8 Å². The van der Waals surface area contributed by atoms with Gasteiger partial charge in [-0.05, 0) is 67.3 Å². The van der Waals surface area contributed by atoms with Gasteiger partial charge in [0.05, 0.1) is 16.2 Å². The quantitative estimate of drug-likeness (QED) is 0.215. The largest absolute Gasteiger partial charge is 0.372 e. The molecule has 2 aromatic heterocycles. The topological polar surface area (TPSA) is 110 Å². The summed E-state index contributed by atoms with van der Waals surface area (Å²) in [6.07, 6.45) is 0.533. The third kappa shape index (κ3) is 5.23. The molecule has 1 amide bonds. The highest BCUT2D eigenvalue weighted by Crippen LogP contribution is 2.42. The molecule has 4 aromatic rings. The third-order valence-corrected chi connectivity index (χ3v) is 6.99. The molecule has 184 valence electrons. The Hall–Kier alpha value is -4.18. The zero-order valence-electron chi connectivity index (χ0n) is 20.0. The van der Waals surface area contributed by atoms with Crippen molar-refractivity contribution < 1.29 is 14.1 Å². The number of non-ortho nitro benzene ring substituents is 1. The Balaban J connectivity index is 1.76. The van der Waals surface area contributed by atoms with Crippen LogP contribution in [0.4, 0.5) is 20.9 Å². The summed E-state index contributed by atoms with van der Waals surface area (Å²) >= 11 is 1.35. The average molecular weight is 506 g/mol. The minimum atomic E-state index is -0.454. The van der Waals surface area contributed by atoms with Crippen molar-refractivity contribution in [3.8, 4) is 10.4 Å². The van der Waals surface area contributed by atoms with Crippen molar-refractivity contribution in [2.45, 2.75) is 33.7 Å². The molecule has 0 saturated heterocycles. The number of hydrogen-bond acceptors (Lipinski definition) is 7. The molecule has 0 aliphatic carbocycles. The molecule has 0 unspecified atom stereocenters. The fourth-order valence-electron chi connectivity index (χ4n) is 3.84. The van der Waals surface area contributed by atoms with E-state index in [1.54, 1.807) is 37.3 Å². The summed E-state index contributed by atoms with van der Waals surface area (Å²) in [6.45, 7) is 5.75. The van der Waals surface area contributed by atoms with Gasteiger partial charge in [0.15, 0.2) is 5.82 Å². The second-order valence-corrected chi connectivity index (χ2v) is 9.19. The molecule has 0 fully saturated rings. The molecule has 2 N–H and O–H groups in total. The number of nitrogens with zero attached hydrogens (tertiary/aromatic N) is 3. The van der Waals surface area contributed by atoms with Gasteiger partial charge in [-0.15, -0.1) is 16.4 Å². The van der Waals surface area contributed by atoms with Crippen molar-refractivity contribution in [3.63, 3.8) is 0 Å². The number of nitrogens with one attached hydrogen (secondary N) is 2. The molecule has 8 nitrogen and oxygen atoms in total. The Morgan fingerprint density at radius 1 is 1.06 bits per heavy atom. The summed E-state index contributed by atoms with van der Waals surface area (Å²) in [4.78, 5) is 24.9. The van der Waals surface area contributed by atoms with E-state index in [1.165, 1.54) is 29.5 Å². The van der Waals surface area contributed by atoms with Gasteiger partial charge < -0.3 is 10.6 Å². The maximum atomic E-state index is 14.5. The molecule has 0 aliphatic rings. The van der Waals surface area contributed by atoms with Crippen LogP contribution in [0.3, 0.4) is 0 Å². The summed E-state index contributed by atoms with van der Waals surface area (Å²) < 4.78 is 14.5. The zero-order chi connectivity index (χ0) is 25.8. The number of anilines is 2. The van der Waals surface area contributed by atoms with Gasteiger partial charge >= 0.3 is 0 Å². The number of nitro groups is 1. The smallest absolute Gasteiger partial charge is 0.269 e. The second kappa shape index (κ2) is 10.6. The van der Waals surface area contributed by atoms with Crippen LogP contribution in [0.25, 0.3) is 10.4 Å². The minimum Gasteiger partial charge on any atom is -0.372 e. The fraction of sp³-hybridized carbons (Fsp3) is 0.192. The lowest BCUT2D eigenvalue weighted by molar-refractivity contribution is -0.384. The summed E-state index contributed by atoms with van der Waals surface area (Å²) in [6, 6.07) is 14.5. The lowest BCUT2D eigenvalue weighted by Crippen LogP contribution is -2.16. The molecular formula is C26H24FN5O3S. The van der Waals surface area contributed by atoms with Crippen molar-refractivity contribution in [2.75, 3.05) is 10.6 Å². The molecule has 0 saturated carbocycles. The Kier molecular flexibility index (Phi) is 7.35. The van der Waals surface area contributed by atoms with Gasteiger partial charge in [0.2, 0.25) is 0 Å². The number of amides is 1. The van der Waals surface area contributed by atoms with Crippen molar-refractivity contribution >= 4 is 33.8 Å². The average Bonchev–Trinajstić information content (AvgIpc) is 3.24. The van der Waals surface area contributed by atoms with E-state index in [-0.39, 0.29) is 24.0 Å². The maximum Gasteiger partial charge on any atom is 0.269 e. The Morgan fingerprint density at radius 3 is 2.42 bits per heavy atom. The van der Waals surface area contributed by atoms with Gasteiger partial charge in [0.25, 0.3) is 11.6 Å². The van der Waals surface area contributed by atoms with Crippen LogP contribution in [0.15, 0.2) is 54.6 Å². The number of benzene rings is 2. The number of thiophene rings is 1. The standard InChI is InChI=1S/C26H24FN5O3S/c1-4-19-23(25(33)29-22-13-8-16(3)30-31-22)26(28-14-20-15(2)6-5-7-21(20)27)36-24(19)17-9-11-18(12-10-17)32(34)35/h5-13,28H,4,14H2,1-3H3,(H,29,31,33). The van der Waals surface area contributed by atoms with E-state index < -0.39 is 4.92 Å². The molecule has 0 bridgehead atoms. The van der Waals surface area contributed by atoms with Crippen LogP contribution < -0.4 is 10.6 Å². The van der Waals surface area contributed by atoms with Gasteiger partial charge in [-0.2, -0.15) is 5.10 Å². The molecule has 0 radical (unpaired) electrons. The van der Waals surface area contributed by atoms with Crippen molar-refractivity contribution in [1.29, 1.82) is 0 Å². The number of carbonyl (C=O) groups excluding carboxylic acids is 1. The zero-order valence-corrected chi connectivity index (χ0v) is 20.8. The van der Waals surface area contributed by atoms with Gasteiger partial charge in [-0.1, -0.05) is 19.1 Å². The van der Waals surface area contributed by atoms with Gasteiger partial charge in [0, 0.05) is 29.1 Å². The lowest BCUT2D eigenvalue weighted by atomic mass is 10.0. The molecule has 0 aliphatic heterocycles. The summed E-state index contributed by atoms with van der Waals surface area (Å²) in [5.41, 5.74) is 3.97. The number of carbonyl (C=O) groups is 1. The SMILES string of the molecule is CCc1c(-c2ccc([N+](=O)[O-])cc2)sc(NCc2c(C)cccc2F)c1C(=O)Nc1ccc(C)nn1. The molecule has 0 atom stereocenters. The first-order chi connectivity index (χ1) is 17.3. The third-order valence-electron chi connectivity index (χ3n) is 5.75. The highest BCUT2D eigenvalue weighted by molar-refractivity contribution is 7.20. The maximum absolute atomic E-state index is 14.5. The highest BCUT2D eigenvalue weighted by Gasteiger charge is 2.25. The number of aryl methyl sites for hydroxylation is 2. The number of rotatable bonds is 8. The lowest BCUT2D eigenvalue weighted by Gasteiger charge is -2.12. The molecule has 2 aromatic carbocycles. The summed E-state index contributed by atoms with van der Waals surface area (Å²) in [5.74, 6) is -0.389. The number of aromatic nitrogens is 2. The van der Waals surface area contributed by atoms with Crippen LogP contribution in [0, 0.1) is 29.8 Å². The predicted molar refractivity (Wildman–Crippen MR) is 139 cm³/mol. The van der Waals surface area contributed by atoms with Crippen molar-refractivity contribution in [2.24, 2.45) is 0 Å². The van der Waals surface area contributed by atoms with Gasteiger partial charge in [-0.3, -0.25) is 14.9 Å². The van der Waals surface area contributed by atoms with Crippen molar-refractivity contribution in [1.82, 2.24) is 10.2 Å². The summed E-state index contributed by atoms with van der Waals surface area (Å²) in [5, 5.41) is 25.7. The first kappa shape index (κ1) is 24.9. The van der Waals surface area contributed by atoms with Gasteiger partial charge in [-0.25, -0.2) is 4.39 Å². The molecule has 4 rings (SSSR count). The Labute approximate surface area is 211 Å². The number of nitro benzene ring substituents is 1. The Morgan fingerprint density at radius 2 is 1.81 bits per heavy atom. The monoisotopic (exact) mass is 505 g/mol. The van der Waals surface area contributed by atoms with E-state index in [9.17, 15) is 19.3 Å². The van der Waals surface area contributed by atoms with Crippen LogP contribution in [0.1, 0.15) is 39.7 Å². The highest BCUT2D eigenvalue weighted by atomic mass is 32.1. The molecule has 10 heteroatoms. The van der Waals surface area contributed by atoms with Crippen LogP contribution in [0.2, 0.25) is 0 Å². The Bertz CT molecular complexity index is 1400. The fourth-order valence-corrected chi connectivity index (χ4v) is 5.13. The van der Waals surface area contributed by atoms with E-state index in [4.69, 9.17) is 0 Å². The first-order valence-electron chi connectivity index (χ1n) is 11.3. The second-order valence-electron chi connectivity index (χ2n) is 8.17. The normalized spacial score (nSPS) is 10.8. The van der Waals surface area contributed by atoms with Crippen molar-refractivity contribution in [3.05, 3.63) is 98.5 Å². The summed E-state index contributed by atoms with van der Waals surface area (Å²) in [7, 11) is 0. The van der Waals surface area contributed by atoms with Crippen LogP contribution in [-0.4, -0.2) is 21.0 Å². The predicted octanol–water partition coefficient (Wildman–Crippen LogP) is 6.30. The molecule has 0 spiro atoms. The van der Waals surface area contributed by atoms with Crippen LogP contribution in [0.5, 0.6) is 0 Å². The van der Waals surface area contributed by atoms with Gasteiger partial charge in [0.1, 0.15) is 10.8 Å². The van der Waals surface area contributed by atoms with Crippen LogP contribution >= 0.6 is 11.3 Å². The van der Waals surface area contributed by atoms with E-state index in [0.29, 0.717) is 28.4 Å². The molecular weight excluding hydrogens is 481 g/mol. The molecule has 2 heterocycles. The van der Waals surface area contributed by atoms with E-state index in [0.717, 1.165) is 27.3 Å². The van der Waals surface area contributed by atoms with Crippen LogP contribution in [-0.2, 0) is 13.0 Å². The van der Waals surface area contributed by atoms with E-state index >= 15 is 0 Å². The first-order valence-corrected chi connectivity index (χ1v) is 12.1.